The van der Waals surface area contributed by atoms with Crippen molar-refractivity contribution in [3.8, 4) is 11.6 Å². The maximum atomic E-state index is 9.00. The second-order valence-electron chi connectivity index (χ2n) is 4.24. The van der Waals surface area contributed by atoms with Crippen LogP contribution < -0.4 is 4.74 Å². The summed E-state index contributed by atoms with van der Waals surface area (Å²) in [5, 5.41) is 9.00. The predicted molar refractivity (Wildman–Crippen MR) is 70.9 cm³/mol. The van der Waals surface area contributed by atoms with Gasteiger partial charge in [0.2, 0.25) is 5.88 Å². The number of fused-ring (bicyclic) bond motifs is 1. The quantitative estimate of drug-likeness (QED) is 0.779. The molecule has 5 nitrogen and oxygen atoms in total. The molecule has 0 saturated carbocycles. The maximum absolute atomic E-state index is 9.00. The zero-order valence-corrected chi connectivity index (χ0v) is 10.4. The molecule has 19 heavy (non-hydrogen) atoms. The molecule has 0 aliphatic rings. The molecule has 0 aliphatic heterocycles. The van der Waals surface area contributed by atoms with Crippen LogP contribution in [0.3, 0.4) is 0 Å². The van der Waals surface area contributed by atoms with E-state index >= 15 is 0 Å². The van der Waals surface area contributed by atoms with Gasteiger partial charge in [0, 0.05) is 13.2 Å². The maximum Gasteiger partial charge on any atom is 0.247 e. The second-order valence-corrected chi connectivity index (χ2v) is 4.24. The number of aryl methyl sites for hydroxylation is 1. The third kappa shape index (κ3) is 2.15. The van der Waals surface area contributed by atoms with E-state index in [9.17, 15) is 0 Å². The standard InChI is InChI=1S/C14H13N3O2/c1-17-9-16-13-12(17)6-7-15-14(13)19-11-4-2-10(8-18)3-5-11/h2-7,9,18H,8H2,1H3. The van der Waals surface area contributed by atoms with E-state index in [1.54, 1.807) is 24.7 Å². The van der Waals surface area contributed by atoms with Crippen LogP contribution in [-0.4, -0.2) is 19.6 Å². The van der Waals surface area contributed by atoms with Crippen molar-refractivity contribution in [1.82, 2.24) is 14.5 Å². The first kappa shape index (κ1) is 11.7. The van der Waals surface area contributed by atoms with Crippen molar-refractivity contribution in [2.75, 3.05) is 0 Å². The number of hydrogen-bond acceptors (Lipinski definition) is 4. The Morgan fingerprint density at radius 2 is 1.95 bits per heavy atom. The zero-order chi connectivity index (χ0) is 13.2. The lowest BCUT2D eigenvalue weighted by Crippen LogP contribution is -1.91. The van der Waals surface area contributed by atoms with Crippen molar-refractivity contribution in [2.24, 2.45) is 7.05 Å². The fourth-order valence-electron chi connectivity index (χ4n) is 1.89. The van der Waals surface area contributed by atoms with Crippen LogP contribution in [0.15, 0.2) is 42.9 Å². The van der Waals surface area contributed by atoms with Gasteiger partial charge in [-0.15, -0.1) is 0 Å². The summed E-state index contributed by atoms with van der Waals surface area (Å²) < 4.78 is 7.65. The number of benzene rings is 1. The summed E-state index contributed by atoms with van der Waals surface area (Å²) in [6.07, 6.45) is 3.43. The molecule has 0 amide bonds. The van der Waals surface area contributed by atoms with Gasteiger partial charge in [-0.3, -0.25) is 0 Å². The molecule has 0 unspecified atom stereocenters. The van der Waals surface area contributed by atoms with Gasteiger partial charge in [-0.2, -0.15) is 0 Å². The van der Waals surface area contributed by atoms with Crippen molar-refractivity contribution < 1.29 is 9.84 Å². The summed E-state index contributed by atoms with van der Waals surface area (Å²) in [4.78, 5) is 8.49. The van der Waals surface area contributed by atoms with E-state index in [-0.39, 0.29) is 6.61 Å². The fraction of sp³-hybridized carbons (Fsp3) is 0.143. The third-order valence-corrected chi connectivity index (χ3v) is 2.93. The highest BCUT2D eigenvalue weighted by Gasteiger charge is 2.08. The Morgan fingerprint density at radius 1 is 1.16 bits per heavy atom. The van der Waals surface area contributed by atoms with Gasteiger partial charge in [0.15, 0.2) is 5.52 Å². The van der Waals surface area contributed by atoms with Gasteiger partial charge in [0.25, 0.3) is 0 Å². The Kier molecular flexibility index (Phi) is 2.89. The summed E-state index contributed by atoms with van der Waals surface area (Å²) in [6.45, 7) is 0.0222. The molecule has 96 valence electrons. The second kappa shape index (κ2) is 4.70. The van der Waals surface area contributed by atoms with Crippen LogP contribution in [0.2, 0.25) is 0 Å². The Bertz CT molecular complexity index is 704. The van der Waals surface area contributed by atoms with Crippen LogP contribution in [0.25, 0.3) is 11.0 Å². The predicted octanol–water partition coefficient (Wildman–Crippen LogP) is 2.25. The van der Waals surface area contributed by atoms with Gasteiger partial charge in [-0.05, 0) is 23.8 Å². The largest absolute Gasteiger partial charge is 0.437 e. The molecule has 5 heteroatoms. The smallest absolute Gasteiger partial charge is 0.247 e. The lowest BCUT2D eigenvalue weighted by atomic mass is 10.2. The van der Waals surface area contributed by atoms with Crippen LogP contribution >= 0.6 is 0 Å². The summed E-state index contributed by atoms with van der Waals surface area (Å²) >= 11 is 0. The molecule has 0 spiro atoms. The normalized spacial score (nSPS) is 10.8. The highest BCUT2D eigenvalue weighted by Crippen LogP contribution is 2.26. The molecule has 2 heterocycles. The van der Waals surface area contributed by atoms with E-state index in [2.05, 4.69) is 9.97 Å². The Morgan fingerprint density at radius 3 is 2.68 bits per heavy atom. The molecule has 1 N–H and O–H groups in total. The van der Waals surface area contributed by atoms with Gasteiger partial charge in [-0.25, -0.2) is 9.97 Å². The van der Waals surface area contributed by atoms with E-state index < -0.39 is 0 Å². The third-order valence-electron chi connectivity index (χ3n) is 2.93. The van der Waals surface area contributed by atoms with E-state index in [0.717, 1.165) is 16.6 Å². The van der Waals surface area contributed by atoms with Crippen LogP contribution in [0, 0.1) is 0 Å². The molecule has 1 aromatic carbocycles. The van der Waals surface area contributed by atoms with Gasteiger partial charge < -0.3 is 14.4 Å². The van der Waals surface area contributed by atoms with Crippen molar-refractivity contribution in [3.05, 3.63) is 48.4 Å². The minimum Gasteiger partial charge on any atom is -0.437 e. The first-order valence-electron chi connectivity index (χ1n) is 5.91. The number of aromatic nitrogens is 3. The summed E-state index contributed by atoms with van der Waals surface area (Å²) in [6, 6.07) is 9.12. The van der Waals surface area contributed by atoms with Gasteiger partial charge in [0.05, 0.1) is 18.5 Å². The first-order chi connectivity index (χ1) is 9.28. The molecule has 0 saturated heterocycles. The van der Waals surface area contributed by atoms with Crippen LogP contribution in [0.4, 0.5) is 0 Å². The highest BCUT2D eigenvalue weighted by atomic mass is 16.5. The average molecular weight is 255 g/mol. The lowest BCUT2D eigenvalue weighted by molar-refractivity contribution is 0.281. The van der Waals surface area contributed by atoms with Gasteiger partial charge >= 0.3 is 0 Å². The molecule has 0 bridgehead atoms. The molecular weight excluding hydrogens is 242 g/mol. The fourth-order valence-corrected chi connectivity index (χ4v) is 1.89. The van der Waals surface area contributed by atoms with E-state index in [1.165, 1.54) is 0 Å². The van der Waals surface area contributed by atoms with Crippen LogP contribution in [0.1, 0.15) is 5.56 Å². The molecular formula is C14H13N3O2. The molecule has 3 rings (SSSR count). The van der Waals surface area contributed by atoms with E-state index in [0.29, 0.717) is 11.6 Å². The van der Waals surface area contributed by atoms with Crippen molar-refractivity contribution >= 4 is 11.0 Å². The zero-order valence-electron chi connectivity index (χ0n) is 10.4. The number of hydrogen-bond donors (Lipinski definition) is 1. The number of ether oxygens (including phenoxy) is 1. The van der Waals surface area contributed by atoms with Crippen molar-refractivity contribution in [2.45, 2.75) is 6.61 Å². The van der Waals surface area contributed by atoms with Crippen molar-refractivity contribution in [3.63, 3.8) is 0 Å². The van der Waals surface area contributed by atoms with E-state index in [4.69, 9.17) is 9.84 Å². The molecule has 3 aromatic rings. The molecule has 2 aromatic heterocycles. The molecule has 0 fully saturated rings. The van der Waals surface area contributed by atoms with Crippen molar-refractivity contribution in [1.29, 1.82) is 0 Å². The molecule has 0 atom stereocenters. The Labute approximate surface area is 110 Å². The highest BCUT2D eigenvalue weighted by molar-refractivity contribution is 5.80. The summed E-state index contributed by atoms with van der Waals surface area (Å²) in [5.74, 6) is 1.15. The topological polar surface area (TPSA) is 60.2 Å². The molecule has 0 aliphatic carbocycles. The number of aliphatic hydroxyl groups is 1. The minimum absolute atomic E-state index is 0.0222. The number of rotatable bonds is 3. The SMILES string of the molecule is Cn1cnc2c(Oc3ccc(CO)cc3)nccc21. The number of aliphatic hydroxyl groups excluding tert-OH is 1. The minimum atomic E-state index is 0.0222. The number of nitrogens with zero attached hydrogens (tertiary/aromatic N) is 3. The Balaban J connectivity index is 1.96. The average Bonchev–Trinajstić information content (AvgIpc) is 2.83. The van der Waals surface area contributed by atoms with Crippen LogP contribution in [-0.2, 0) is 13.7 Å². The van der Waals surface area contributed by atoms with Crippen LogP contribution in [0.5, 0.6) is 11.6 Å². The number of imidazole rings is 1. The summed E-state index contributed by atoms with van der Waals surface area (Å²) in [7, 11) is 1.93. The molecule has 0 radical (unpaired) electrons. The number of pyridine rings is 1. The first-order valence-corrected chi connectivity index (χ1v) is 5.91. The van der Waals surface area contributed by atoms with E-state index in [1.807, 2.05) is 29.8 Å². The Hall–Kier alpha value is -2.40. The monoisotopic (exact) mass is 255 g/mol. The summed E-state index contributed by atoms with van der Waals surface area (Å²) in [5.41, 5.74) is 2.55. The lowest BCUT2D eigenvalue weighted by Gasteiger charge is -2.05. The van der Waals surface area contributed by atoms with Gasteiger partial charge in [-0.1, -0.05) is 12.1 Å². The van der Waals surface area contributed by atoms with Gasteiger partial charge in [0.1, 0.15) is 5.75 Å².